The van der Waals surface area contributed by atoms with Crippen LogP contribution in [0.15, 0.2) is 53.4 Å². The van der Waals surface area contributed by atoms with E-state index in [1.165, 1.54) is 28.6 Å². The Morgan fingerprint density at radius 1 is 1.11 bits per heavy atom. The van der Waals surface area contributed by atoms with E-state index in [9.17, 15) is 17.6 Å². The Bertz CT molecular complexity index is 914. The van der Waals surface area contributed by atoms with Crippen molar-refractivity contribution in [3.05, 3.63) is 59.9 Å². The number of hydrogen-bond donors (Lipinski definition) is 2. The second-order valence-electron chi connectivity index (χ2n) is 6.32. The molecular weight excluding hydrogens is 381 g/mol. The monoisotopic (exact) mass is 407 g/mol. The number of rotatable bonds is 9. The van der Waals surface area contributed by atoms with Crippen molar-refractivity contribution in [1.29, 1.82) is 0 Å². The number of hydrogen-bond acceptors (Lipinski definition) is 4. The van der Waals surface area contributed by atoms with Gasteiger partial charge in [0.1, 0.15) is 5.82 Å². The third kappa shape index (κ3) is 5.60. The van der Waals surface area contributed by atoms with E-state index in [2.05, 4.69) is 10.6 Å². The molecule has 0 heterocycles. The van der Waals surface area contributed by atoms with E-state index in [-0.39, 0.29) is 29.2 Å². The summed E-state index contributed by atoms with van der Waals surface area (Å²) >= 11 is 0. The first-order valence-electron chi connectivity index (χ1n) is 9.16. The topological polar surface area (TPSA) is 78.5 Å². The molecule has 0 aliphatic carbocycles. The van der Waals surface area contributed by atoms with Crippen LogP contribution in [0.2, 0.25) is 0 Å². The van der Waals surface area contributed by atoms with Crippen LogP contribution in [0.1, 0.15) is 32.4 Å². The molecule has 6 nitrogen and oxygen atoms in total. The summed E-state index contributed by atoms with van der Waals surface area (Å²) < 4.78 is 39.9. The highest BCUT2D eigenvalue weighted by molar-refractivity contribution is 7.89. The van der Waals surface area contributed by atoms with Crippen molar-refractivity contribution in [3.63, 3.8) is 0 Å². The van der Waals surface area contributed by atoms with Crippen molar-refractivity contribution in [2.45, 2.75) is 31.7 Å². The average molecular weight is 408 g/mol. The highest BCUT2D eigenvalue weighted by atomic mass is 32.2. The molecule has 1 amide bonds. The molecule has 152 valence electrons. The summed E-state index contributed by atoms with van der Waals surface area (Å²) in [5.41, 5.74) is 1.14. The van der Waals surface area contributed by atoms with Crippen LogP contribution < -0.4 is 10.6 Å². The van der Waals surface area contributed by atoms with Gasteiger partial charge in [0.25, 0.3) is 0 Å². The van der Waals surface area contributed by atoms with Gasteiger partial charge in [-0.3, -0.25) is 4.79 Å². The minimum absolute atomic E-state index is 0.00467. The number of nitrogens with one attached hydrogen (secondary N) is 2. The molecule has 0 saturated carbocycles. The fourth-order valence-electron chi connectivity index (χ4n) is 2.79. The Balaban J connectivity index is 2.01. The van der Waals surface area contributed by atoms with Gasteiger partial charge in [-0.25, -0.2) is 12.8 Å². The molecule has 0 fully saturated rings. The fourth-order valence-corrected chi connectivity index (χ4v) is 4.30. The van der Waals surface area contributed by atoms with Gasteiger partial charge in [-0.05, 0) is 42.8 Å². The summed E-state index contributed by atoms with van der Waals surface area (Å²) in [4.78, 5) is 12.3. The molecule has 0 aliphatic heterocycles. The maximum Gasteiger partial charge on any atom is 0.243 e. The zero-order valence-corrected chi connectivity index (χ0v) is 17.1. The molecule has 8 heteroatoms. The lowest BCUT2D eigenvalue weighted by atomic mass is 10.1. The van der Waals surface area contributed by atoms with Gasteiger partial charge in [0.05, 0.1) is 11.4 Å². The first-order valence-corrected chi connectivity index (χ1v) is 10.6. The molecule has 2 aromatic carbocycles. The quantitative estimate of drug-likeness (QED) is 0.669. The van der Waals surface area contributed by atoms with Crippen molar-refractivity contribution < 1.29 is 17.6 Å². The Hall–Kier alpha value is -2.29. The van der Waals surface area contributed by atoms with Gasteiger partial charge in [0.2, 0.25) is 15.9 Å². The molecule has 2 N–H and O–H groups in total. The molecule has 2 aromatic rings. The largest absolute Gasteiger partial charge is 0.325 e. The van der Waals surface area contributed by atoms with Crippen molar-refractivity contribution in [3.8, 4) is 0 Å². The fraction of sp³-hybridized carbons (Fsp3) is 0.350. The third-order valence-electron chi connectivity index (χ3n) is 4.38. The number of nitrogens with zero attached hydrogens (tertiary/aromatic N) is 1. The minimum Gasteiger partial charge on any atom is -0.325 e. The first-order chi connectivity index (χ1) is 13.3. The van der Waals surface area contributed by atoms with E-state index in [1.807, 2.05) is 6.92 Å². The summed E-state index contributed by atoms with van der Waals surface area (Å²) in [6, 6.07) is 12.1. The Kier molecular flexibility index (Phi) is 7.68. The summed E-state index contributed by atoms with van der Waals surface area (Å²) in [6.07, 6.45) is 0. The number of carbonyl (C=O) groups is 1. The van der Waals surface area contributed by atoms with Crippen molar-refractivity contribution >= 4 is 21.6 Å². The SMILES string of the molecule is CCN(CC)S(=O)(=O)c1cccc(NC(=O)CN[C@H](C)c2cccc(F)c2)c1. The highest BCUT2D eigenvalue weighted by Crippen LogP contribution is 2.19. The molecule has 0 saturated heterocycles. The molecule has 0 bridgehead atoms. The molecule has 2 rings (SSSR count). The third-order valence-corrected chi connectivity index (χ3v) is 6.42. The van der Waals surface area contributed by atoms with Gasteiger partial charge in [0.15, 0.2) is 0 Å². The Morgan fingerprint density at radius 2 is 1.79 bits per heavy atom. The van der Waals surface area contributed by atoms with Crippen LogP contribution in [0.3, 0.4) is 0 Å². The van der Waals surface area contributed by atoms with Crippen LogP contribution in [0.4, 0.5) is 10.1 Å². The minimum atomic E-state index is -3.59. The molecule has 0 radical (unpaired) electrons. The van der Waals surface area contributed by atoms with E-state index >= 15 is 0 Å². The number of amides is 1. The van der Waals surface area contributed by atoms with Crippen molar-refractivity contribution in [2.75, 3.05) is 25.0 Å². The van der Waals surface area contributed by atoms with Crippen LogP contribution in [-0.2, 0) is 14.8 Å². The van der Waals surface area contributed by atoms with Crippen LogP contribution >= 0.6 is 0 Å². The predicted molar refractivity (Wildman–Crippen MR) is 108 cm³/mol. The molecular formula is C20H26FN3O3S. The van der Waals surface area contributed by atoms with Gasteiger partial charge in [-0.15, -0.1) is 0 Å². The smallest absolute Gasteiger partial charge is 0.243 e. The average Bonchev–Trinajstić information content (AvgIpc) is 2.67. The van der Waals surface area contributed by atoms with E-state index in [0.717, 1.165) is 5.56 Å². The van der Waals surface area contributed by atoms with Crippen molar-refractivity contribution in [2.24, 2.45) is 0 Å². The predicted octanol–water partition coefficient (Wildman–Crippen LogP) is 3.15. The second-order valence-corrected chi connectivity index (χ2v) is 8.26. The zero-order valence-electron chi connectivity index (χ0n) is 16.3. The van der Waals surface area contributed by atoms with Gasteiger partial charge < -0.3 is 10.6 Å². The van der Waals surface area contributed by atoms with Crippen LogP contribution in [-0.4, -0.2) is 38.3 Å². The van der Waals surface area contributed by atoms with Crippen LogP contribution in [0, 0.1) is 5.82 Å². The summed E-state index contributed by atoms with van der Waals surface area (Å²) in [6.45, 7) is 6.13. The lowest BCUT2D eigenvalue weighted by Gasteiger charge is -2.19. The molecule has 0 unspecified atom stereocenters. The Labute approximate surface area is 165 Å². The van der Waals surface area contributed by atoms with E-state index in [0.29, 0.717) is 18.8 Å². The first kappa shape index (κ1) is 22.0. The van der Waals surface area contributed by atoms with E-state index in [1.54, 1.807) is 38.1 Å². The lowest BCUT2D eigenvalue weighted by molar-refractivity contribution is -0.115. The number of carbonyl (C=O) groups excluding carboxylic acids is 1. The van der Waals surface area contributed by atoms with Crippen LogP contribution in [0.25, 0.3) is 0 Å². The summed E-state index contributed by atoms with van der Waals surface area (Å²) in [7, 11) is -3.59. The van der Waals surface area contributed by atoms with E-state index in [4.69, 9.17) is 0 Å². The number of sulfonamides is 1. The normalized spacial score (nSPS) is 12.8. The maximum absolute atomic E-state index is 13.3. The highest BCUT2D eigenvalue weighted by Gasteiger charge is 2.21. The number of anilines is 1. The molecule has 1 atom stereocenters. The Morgan fingerprint density at radius 3 is 2.43 bits per heavy atom. The standard InChI is InChI=1S/C20H26FN3O3S/c1-4-24(5-2)28(26,27)19-11-7-10-18(13-19)23-20(25)14-22-15(3)16-8-6-9-17(21)12-16/h6-13,15,22H,4-5,14H2,1-3H3,(H,23,25)/t15-/m1/s1. The van der Waals surface area contributed by atoms with Gasteiger partial charge in [0, 0.05) is 24.8 Å². The van der Waals surface area contributed by atoms with Crippen molar-refractivity contribution in [1.82, 2.24) is 9.62 Å². The molecule has 28 heavy (non-hydrogen) atoms. The van der Waals surface area contributed by atoms with Gasteiger partial charge in [-0.2, -0.15) is 4.31 Å². The van der Waals surface area contributed by atoms with Gasteiger partial charge in [-0.1, -0.05) is 32.0 Å². The molecule has 0 spiro atoms. The maximum atomic E-state index is 13.3. The molecule has 0 aromatic heterocycles. The van der Waals surface area contributed by atoms with Crippen LogP contribution in [0.5, 0.6) is 0 Å². The molecule has 0 aliphatic rings. The van der Waals surface area contributed by atoms with E-state index < -0.39 is 10.0 Å². The summed E-state index contributed by atoms with van der Waals surface area (Å²) in [5.74, 6) is -0.650. The zero-order chi connectivity index (χ0) is 20.7. The summed E-state index contributed by atoms with van der Waals surface area (Å²) in [5, 5.41) is 5.71. The van der Waals surface area contributed by atoms with Gasteiger partial charge >= 0.3 is 0 Å². The number of halogens is 1. The lowest BCUT2D eigenvalue weighted by Crippen LogP contribution is -2.31. The second kappa shape index (κ2) is 9.77. The number of benzene rings is 2.